The van der Waals surface area contributed by atoms with Crippen LogP contribution in [-0.2, 0) is 4.74 Å². The van der Waals surface area contributed by atoms with Gasteiger partial charge in [-0.1, -0.05) is 13.8 Å². The van der Waals surface area contributed by atoms with Crippen molar-refractivity contribution in [3.8, 4) is 0 Å². The molecule has 0 spiro atoms. The molecule has 0 amide bonds. The van der Waals surface area contributed by atoms with Crippen molar-refractivity contribution < 1.29 is 9.13 Å². The molecule has 0 bridgehead atoms. The number of hydrogen-bond acceptors (Lipinski definition) is 2. The monoisotopic (exact) mass is 229 g/mol. The molecule has 0 aromatic carbocycles. The number of hydrogen-bond donors (Lipinski definition) is 0. The van der Waals surface area contributed by atoms with Crippen LogP contribution in [0.1, 0.15) is 33.1 Å². The molecule has 0 aromatic heterocycles. The predicted octanol–water partition coefficient (Wildman–Crippen LogP) is 2.48. The van der Waals surface area contributed by atoms with Crippen LogP contribution in [0.4, 0.5) is 4.39 Å². The summed E-state index contributed by atoms with van der Waals surface area (Å²) in [6, 6.07) is 0. The van der Waals surface area contributed by atoms with Gasteiger partial charge in [0.15, 0.2) is 0 Å². The predicted molar refractivity (Wildman–Crippen MR) is 63.3 cm³/mol. The van der Waals surface area contributed by atoms with Gasteiger partial charge in [0.25, 0.3) is 0 Å². The van der Waals surface area contributed by atoms with Gasteiger partial charge in [-0.3, -0.25) is 0 Å². The van der Waals surface area contributed by atoms with E-state index in [1.807, 2.05) is 0 Å². The fourth-order valence-electron chi connectivity index (χ4n) is 2.96. The van der Waals surface area contributed by atoms with Gasteiger partial charge in [-0.15, -0.1) is 0 Å². The largest absolute Gasteiger partial charge is 0.374 e. The minimum Gasteiger partial charge on any atom is -0.374 e. The third-order valence-corrected chi connectivity index (χ3v) is 3.93. The molecule has 0 N–H and O–H groups in total. The number of ether oxygens (including phenoxy) is 1. The van der Waals surface area contributed by atoms with E-state index in [1.54, 1.807) is 0 Å². The van der Waals surface area contributed by atoms with Crippen molar-refractivity contribution in [2.75, 3.05) is 26.2 Å². The van der Waals surface area contributed by atoms with E-state index in [0.29, 0.717) is 18.9 Å². The van der Waals surface area contributed by atoms with Crippen molar-refractivity contribution in [3.63, 3.8) is 0 Å². The van der Waals surface area contributed by atoms with E-state index in [1.165, 1.54) is 25.9 Å². The summed E-state index contributed by atoms with van der Waals surface area (Å²) in [5.41, 5.74) is 0. The number of alkyl halides is 1. The van der Waals surface area contributed by atoms with Gasteiger partial charge in [0.2, 0.25) is 0 Å². The zero-order chi connectivity index (χ0) is 11.5. The fraction of sp³-hybridized carbons (Fsp3) is 1.00. The van der Waals surface area contributed by atoms with Crippen LogP contribution in [-0.4, -0.2) is 43.4 Å². The molecule has 94 valence electrons. The van der Waals surface area contributed by atoms with Crippen molar-refractivity contribution in [1.82, 2.24) is 4.90 Å². The molecule has 0 saturated carbocycles. The van der Waals surface area contributed by atoms with E-state index in [9.17, 15) is 4.39 Å². The van der Waals surface area contributed by atoms with E-state index >= 15 is 0 Å². The highest BCUT2D eigenvalue weighted by molar-refractivity contribution is 4.80. The van der Waals surface area contributed by atoms with Gasteiger partial charge in [-0.05, 0) is 37.6 Å². The molecule has 2 nitrogen and oxygen atoms in total. The van der Waals surface area contributed by atoms with Crippen LogP contribution in [0.2, 0.25) is 0 Å². The molecule has 1 unspecified atom stereocenters. The van der Waals surface area contributed by atoms with Gasteiger partial charge in [-0.25, -0.2) is 4.39 Å². The Morgan fingerprint density at radius 2 is 2.19 bits per heavy atom. The van der Waals surface area contributed by atoms with Crippen LogP contribution in [0, 0.1) is 11.8 Å². The Balaban J connectivity index is 1.80. The van der Waals surface area contributed by atoms with Gasteiger partial charge in [0.05, 0.1) is 12.7 Å². The van der Waals surface area contributed by atoms with Crippen molar-refractivity contribution >= 4 is 0 Å². The van der Waals surface area contributed by atoms with Crippen molar-refractivity contribution in [3.05, 3.63) is 0 Å². The van der Waals surface area contributed by atoms with Gasteiger partial charge < -0.3 is 9.64 Å². The lowest BCUT2D eigenvalue weighted by molar-refractivity contribution is -0.0752. The lowest BCUT2D eigenvalue weighted by atomic mass is 9.93. The Hall–Kier alpha value is -0.150. The SMILES string of the molecule is C[C@H]1CCCN(CC2OC[C@@H](F)C[C@@H]2C)C1. The highest BCUT2D eigenvalue weighted by Crippen LogP contribution is 2.25. The van der Waals surface area contributed by atoms with Crippen LogP contribution in [0.5, 0.6) is 0 Å². The smallest absolute Gasteiger partial charge is 0.124 e. The summed E-state index contributed by atoms with van der Waals surface area (Å²) in [5.74, 6) is 1.17. The van der Waals surface area contributed by atoms with Gasteiger partial charge in [0, 0.05) is 13.1 Å². The molecule has 0 aliphatic carbocycles. The average Bonchev–Trinajstić information content (AvgIpc) is 2.22. The maximum Gasteiger partial charge on any atom is 0.124 e. The first-order valence-electron chi connectivity index (χ1n) is 6.63. The van der Waals surface area contributed by atoms with E-state index < -0.39 is 6.17 Å². The summed E-state index contributed by atoms with van der Waals surface area (Å²) in [5, 5.41) is 0. The molecule has 2 fully saturated rings. The Kier molecular flexibility index (Phi) is 4.20. The third-order valence-electron chi connectivity index (χ3n) is 3.93. The summed E-state index contributed by atoms with van der Waals surface area (Å²) in [4.78, 5) is 2.49. The maximum absolute atomic E-state index is 13.1. The minimum atomic E-state index is -0.744. The third kappa shape index (κ3) is 3.17. The van der Waals surface area contributed by atoms with Crippen molar-refractivity contribution in [2.45, 2.75) is 45.4 Å². The first kappa shape index (κ1) is 12.3. The Morgan fingerprint density at radius 3 is 2.88 bits per heavy atom. The molecule has 4 atom stereocenters. The number of nitrogens with zero attached hydrogens (tertiary/aromatic N) is 1. The summed E-state index contributed by atoms with van der Waals surface area (Å²) < 4.78 is 18.7. The highest BCUT2D eigenvalue weighted by atomic mass is 19.1. The number of halogens is 1. The Labute approximate surface area is 98.1 Å². The van der Waals surface area contributed by atoms with Crippen LogP contribution in [0.25, 0.3) is 0 Å². The Morgan fingerprint density at radius 1 is 1.38 bits per heavy atom. The minimum absolute atomic E-state index is 0.247. The summed E-state index contributed by atoms with van der Waals surface area (Å²) in [6.45, 7) is 8.11. The van der Waals surface area contributed by atoms with E-state index in [2.05, 4.69) is 18.7 Å². The molecule has 2 aliphatic heterocycles. The molecule has 0 aromatic rings. The molecule has 2 heterocycles. The molecule has 2 aliphatic rings. The first-order valence-corrected chi connectivity index (χ1v) is 6.63. The first-order chi connectivity index (χ1) is 7.65. The molecule has 3 heteroatoms. The lowest BCUT2D eigenvalue weighted by Gasteiger charge is -2.38. The number of rotatable bonds is 2. The number of piperidine rings is 1. The second kappa shape index (κ2) is 5.46. The quantitative estimate of drug-likeness (QED) is 0.721. The van der Waals surface area contributed by atoms with Gasteiger partial charge in [0.1, 0.15) is 6.17 Å². The molecule has 2 saturated heterocycles. The zero-order valence-corrected chi connectivity index (χ0v) is 10.5. The van der Waals surface area contributed by atoms with E-state index in [0.717, 1.165) is 12.5 Å². The van der Waals surface area contributed by atoms with Crippen molar-refractivity contribution in [1.29, 1.82) is 0 Å². The van der Waals surface area contributed by atoms with Gasteiger partial charge in [-0.2, -0.15) is 0 Å². The van der Waals surface area contributed by atoms with E-state index in [-0.39, 0.29) is 6.10 Å². The van der Waals surface area contributed by atoms with Gasteiger partial charge >= 0.3 is 0 Å². The molecule has 16 heavy (non-hydrogen) atoms. The summed E-state index contributed by atoms with van der Waals surface area (Å²) in [7, 11) is 0. The van der Waals surface area contributed by atoms with Crippen LogP contribution >= 0.6 is 0 Å². The molecule has 0 radical (unpaired) electrons. The normalized spacial score (nSPS) is 42.2. The summed E-state index contributed by atoms with van der Waals surface area (Å²) >= 11 is 0. The second-order valence-corrected chi connectivity index (χ2v) is 5.69. The summed E-state index contributed by atoms with van der Waals surface area (Å²) in [6.07, 6.45) is 2.83. The van der Waals surface area contributed by atoms with Crippen LogP contribution in [0.3, 0.4) is 0 Å². The number of likely N-dealkylation sites (tertiary alicyclic amines) is 1. The second-order valence-electron chi connectivity index (χ2n) is 5.69. The zero-order valence-electron chi connectivity index (χ0n) is 10.5. The Bertz CT molecular complexity index is 224. The lowest BCUT2D eigenvalue weighted by Crippen LogP contribution is -2.45. The standard InChI is InChI=1S/C13H24FNO/c1-10-4-3-5-15(7-10)8-13-11(2)6-12(14)9-16-13/h10-13H,3-9H2,1-2H3/t10-,11-,12-,13?/m0/s1. The van der Waals surface area contributed by atoms with Crippen molar-refractivity contribution in [2.24, 2.45) is 11.8 Å². The average molecular weight is 229 g/mol. The highest BCUT2D eigenvalue weighted by Gasteiger charge is 2.30. The fourth-order valence-corrected chi connectivity index (χ4v) is 2.96. The maximum atomic E-state index is 13.1. The topological polar surface area (TPSA) is 12.5 Å². The van der Waals surface area contributed by atoms with E-state index in [4.69, 9.17) is 4.74 Å². The molecular weight excluding hydrogens is 205 g/mol. The van der Waals surface area contributed by atoms with Crippen LogP contribution in [0.15, 0.2) is 0 Å². The van der Waals surface area contributed by atoms with Crippen LogP contribution < -0.4 is 0 Å². The molecular formula is C13H24FNO. The molecule has 2 rings (SSSR count).